The van der Waals surface area contributed by atoms with E-state index in [0.717, 1.165) is 36.2 Å². The first-order chi connectivity index (χ1) is 7.60. The lowest BCUT2D eigenvalue weighted by Crippen LogP contribution is -2.22. The molecule has 1 saturated heterocycles. The molecule has 0 radical (unpaired) electrons. The van der Waals surface area contributed by atoms with Crippen molar-refractivity contribution in [3.05, 3.63) is 34.9 Å². The Bertz CT molecular complexity index is 345. The van der Waals surface area contributed by atoms with E-state index in [-0.39, 0.29) is 0 Å². The summed E-state index contributed by atoms with van der Waals surface area (Å²) in [5.74, 6) is 0. The van der Waals surface area contributed by atoms with Gasteiger partial charge in [0.05, 0.1) is 0 Å². The minimum absolute atomic E-state index is 0.593. The number of hydrogen-bond donors (Lipinski definition) is 1. The van der Waals surface area contributed by atoms with Crippen molar-refractivity contribution < 1.29 is 4.39 Å². The Morgan fingerprint density at radius 3 is 2.44 bits per heavy atom. The molecule has 88 valence electrons. The maximum atomic E-state index is 14.9. The Morgan fingerprint density at radius 1 is 1.06 bits per heavy atom. The van der Waals surface area contributed by atoms with Crippen molar-refractivity contribution in [2.24, 2.45) is 0 Å². The van der Waals surface area contributed by atoms with Gasteiger partial charge in [0.1, 0.15) is 5.67 Å². The van der Waals surface area contributed by atoms with Crippen LogP contribution in [0, 0.1) is 13.8 Å². The predicted octanol–water partition coefficient (Wildman–Crippen LogP) is 3.24. The molecule has 1 atom stereocenters. The SMILES string of the molecule is Cc1cc(C)cc(C2(F)CCCNCC2)c1. The molecule has 16 heavy (non-hydrogen) atoms. The molecule has 0 bridgehead atoms. The summed E-state index contributed by atoms with van der Waals surface area (Å²) in [5, 5.41) is 3.26. The normalized spacial score (nSPS) is 26.4. The third-order valence-corrected chi connectivity index (χ3v) is 3.36. The number of rotatable bonds is 1. The molecule has 2 rings (SSSR count). The lowest BCUT2D eigenvalue weighted by Gasteiger charge is -2.24. The summed E-state index contributed by atoms with van der Waals surface area (Å²) in [6.07, 6.45) is 2.16. The molecular formula is C14H20FN. The highest BCUT2D eigenvalue weighted by Crippen LogP contribution is 2.36. The molecule has 1 aromatic carbocycles. The standard InChI is InChI=1S/C14H20FN/c1-11-8-12(2)10-13(9-11)14(15)4-3-6-16-7-5-14/h8-10,16H,3-7H2,1-2H3. The number of nitrogens with one attached hydrogen (secondary N) is 1. The maximum Gasteiger partial charge on any atom is 0.137 e. The molecule has 0 amide bonds. The highest BCUT2D eigenvalue weighted by molar-refractivity contribution is 5.32. The summed E-state index contributed by atoms with van der Waals surface area (Å²) < 4.78 is 14.9. The van der Waals surface area contributed by atoms with Crippen molar-refractivity contribution in [3.63, 3.8) is 0 Å². The van der Waals surface area contributed by atoms with Gasteiger partial charge in [-0.1, -0.05) is 29.3 Å². The van der Waals surface area contributed by atoms with Gasteiger partial charge in [-0.3, -0.25) is 0 Å². The number of aryl methyl sites for hydroxylation is 2. The Labute approximate surface area is 97.1 Å². The van der Waals surface area contributed by atoms with Gasteiger partial charge in [0, 0.05) is 0 Å². The zero-order valence-corrected chi connectivity index (χ0v) is 10.1. The van der Waals surface area contributed by atoms with Gasteiger partial charge < -0.3 is 5.32 Å². The van der Waals surface area contributed by atoms with Crippen molar-refractivity contribution in [2.45, 2.75) is 38.8 Å². The molecule has 1 nitrogen and oxygen atoms in total. The second-order valence-electron chi connectivity index (χ2n) is 4.95. The van der Waals surface area contributed by atoms with Crippen molar-refractivity contribution in [1.82, 2.24) is 5.32 Å². The Hall–Kier alpha value is -0.890. The summed E-state index contributed by atoms with van der Waals surface area (Å²) in [4.78, 5) is 0. The van der Waals surface area contributed by atoms with Gasteiger partial charge >= 0.3 is 0 Å². The van der Waals surface area contributed by atoms with E-state index in [9.17, 15) is 4.39 Å². The minimum Gasteiger partial charge on any atom is -0.317 e. The second-order valence-corrected chi connectivity index (χ2v) is 4.95. The van der Waals surface area contributed by atoms with E-state index in [1.165, 1.54) is 0 Å². The van der Waals surface area contributed by atoms with Gasteiger partial charge in [0.2, 0.25) is 0 Å². The highest BCUT2D eigenvalue weighted by atomic mass is 19.1. The van der Waals surface area contributed by atoms with Crippen LogP contribution in [0.4, 0.5) is 4.39 Å². The van der Waals surface area contributed by atoms with Gasteiger partial charge in [-0.05, 0) is 51.8 Å². The van der Waals surface area contributed by atoms with E-state index in [1.54, 1.807) is 0 Å². The molecule has 1 heterocycles. The summed E-state index contributed by atoms with van der Waals surface area (Å²) >= 11 is 0. The fourth-order valence-corrected chi connectivity index (χ4v) is 2.55. The van der Waals surface area contributed by atoms with E-state index >= 15 is 0 Å². The van der Waals surface area contributed by atoms with Crippen LogP contribution in [0.5, 0.6) is 0 Å². The summed E-state index contributed by atoms with van der Waals surface area (Å²) in [5.41, 5.74) is 2.06. The van der Waals surface area contributed by atoms with Crippen LogP contribution in [0.2, 0.25) is 0 Å². The van der Waals surface area contributed by atoms with Crippen molar-refractivity contribution in [3.8, 4) is 0 Å². The minimum atomic E-state index is -1.12. The maximum absolute atomic E-state index is 14.9. The lowest BCUT2D eigenvalue weighted by molar-refractivity contribution is 0.145. The van der Waals surface area contributed by atoms with Crippen molar-refractivity contribution in [1.29, 1.82) is 0 Å². The molecule has 2 heteroatoms. The third kappa shape index (κ3) is 2.43. The molecule has 1 aliphatic heterocycles. The zero-order chi connectivity index (χ0) is 11.6. The average molecular weight is 221 g/mol. The van der Waals surface area contributed by atoms with Gasteiger partial charge in [0.15, 0.2) is 0 Å². The van der Waals surface area contributed by atoms with Gasteiger partial charge in [0.25, 0.3) is 0 Å². The zero-order valence-electron chi connectivity index (χ0n) is 10.1. The fraction of sp³-hybridized carbons (Fsp3) is 0.571. The van der Waals surface area contributed by atoms with Gasteiger partial charge in [-0.2, -0.15) is 0 Å². The highest BCUT2D eigenvalue weighted by Gasteiger charge is 2.32. The summed E-state index contributed by atoms with van der Waals surface area (Å²) in [7, 11) is 0. The Balaban J connectivity index is 2.32. The Morgan fingerprint density at radius 2 is 1.75 bits per heavy atom. The summed E-state index contributed by atoms with van der Waals surface area (Å²) in [6.45, 7) is 5.80. The monoisotopic (exact) mass is 221 g/mol. The molecule has 0 aliphatic carbocycles. The smallest absolute Gasteiger partial charge is 0.137 e. The number of hydrogen-bond acceptors (Lipinski definition) is 1. The van der Waals surface area contributed by atoms with Crippen LogP contribution in [0.3, 0.4) is 0 Å². The van der Waals surface area contributed by atoms with Crippen LogP contribution in [-0.2, 0) is 5.67 Å². The molecular weight excluding hydrogens is 201 g/mol. The van der Waals surface area contributed by atoms with Crippen LogP contribution < -0.4 is 5.32 Å². The molecule has 1 unspecified atom stereocenters. The molecule has 1 aliphatic rings. The number of alkyl halides is 1. The molecule has 1 aromatic rings. The Kier molecular flexibility index (Phi) is 3.29. The third-order valence-electron chi connectivity index (χ3n) is 3.36. The average Bonchev–Trinajstić information content (AvgIpc) is 2.43. The topological polar surface area (TPSA) is 12.0 Å². The first-order valence-corrected chi connectivity index (χ1v) is 6.09. The van der Waals surface area contributed by atoms with Crippen LogP contribution in [-0.4, -0.2) is 13.1 Å². The van der Waals surface area contributed by atoms with E-state index < -0.39 is 5.67 Å². The largest absolute Gasteiger partial charge is 0.317 e. The fourth-order valence-electron chi connectivity index (χ4n) is 2.55. The molecule has 0 aromatic heterocycles. The van der Waals surface area contributed by atoms with Crippen LogP contribution >= 0.6 is 0 Å². The molecule has 1 fully saturated rings. The van der Waals surface area contributed by atoms with Crippen molar-refractivity contribution >= 4 is 0 Å². The summed E-state index contributed by atoms with van der Waals surface area (Å²) in [6, 6.07) is 6.10. The first kappa shape index (κ1) is 11.6. The van der Waals surface area contributed by atoms with Gasteiger partial charge in [-0.25, -0.2) is 4.39 Å². The molecule has 1 N–H and O–H groups in total. The second kappa shape index (κ2) is 4.54. The van der Waals surface area contributed by atoms with E-state index in [1.807, 2.05) is 26.0 Å². The number of halogens is 1. The van der Waals surface area contributed by atoms with E-state index in [4.69, 9.17) is 0 Å². The van der Waals surface area contributed by atoms with E-state index in [2.05, 4.69) is 11.4 Å². The quantitative estimate of drug-likeness (QED) is 0.767. The van der Waals surface area contributed by atoms with E-state index in [0.29, 0.717) is 12.8 Å². The number of benzene rings is 1. The van der Waals surface area contributed by atoms with Crippen LogP contribution in [0.25, 0.3) is 0 Å². The van der Waals surface area contributed by atoms with Gasteiger partial charge in [-0.15, -0.1) is 0 Å². The van der Waals surface area contributed by atoms with Crippen molar-refractivity contribution in [2.75, 3.05) is 13.1 Å². The molecule has 0 saturated carbocycles. The predicted molar refractivity (Wildman–Crippen MR) is 65.4 cm³/mol. The van der Waals surface area contributed by atoms with Crippen LogP contribution in [0.1, 0.15) is 36.0 Å². The van der Waals surface area contributed by atoms with Crippen LogP contribution in [0.15, 0.2) is 18.2 Å². The lowest BCUT2D eigenvalue weighted by atomic mass is 9.87. The molecule has 0 spiro atoms. The first-order valence-electron chi connectivity index (χ1n) is 6.09.